The molecule has 154 valence electrons. The van der Waals surface area contributed by atoms with Crippen molar-refractivity contribution < 1.29 is 4.74 Å². The molecule has 0 amide bonds. The van der Waals surface area contributed by atoms with E-state index in [9.17, 15) is 0 Å². The fraction of sp³-hybridized carbons (Fsp3) is 0.400. The van der Waals surface area contributed by atoms with Crippen LogP contribution in [0.5, 0.6) is 0 Å². The highest BCUT2D eigenvalue weighted by Gasteiger charge is 2.11. The van der Waals surface area contributed by atoms with E-state index in [1.54, 1.807) is 0 Å². The van der Waals surface area contributed by atoms with E-state index in [4.69, 9.17) is 17.0 Å². The molecule has 1 aromatic heterocycles. The first-order chi connectivity index (χ1) is 14.1. The van der Waals surface area contributed by atoms with Gasteiger partial charge in [-0.1, -0.05) is 18.2 Å². The summed E-state index contributed by atoms with van der Waals surface area (Å²) in [5.41, 5.74) is 2.68. The number of morpholine rings is 1. The van der Waals surface area contributed by atoms with Crippen LogP contribution in [-0.4, -0.2) is 65.3 Å². The van der Waals surface area contributed by atoms with Crippen LogP contribution >= 0.6 is 12.2 Å². The highest BCUT2D eigenvalue weighted by molar-refractivity contribution is 7.80. The Balaban J connectivity index is 1.65. The van der Waals surface area contributed by atoms with Crippen molar-refractivity contribution in [3.8, 4) is 0 Å². The Morgan fingerprint density at radius 1 is 1.10 bits per heavy atom. The summed E-state index contributed by atoms with van der Waals surface area (Å²) in [5, 5.41) is 9.88. The quantitative estimate of drug-likeness (QED) is 0.391. The van der Waals surface area contributed by atoms with Crippen molar-refractivity contribution in [1.29, 1.82) is 0 Å². The maximum atomic E-state index is 5.44. The topological polar surface area (TPSA) is 86.7 Å². The van der Waals surface area contributed by atoms with Gasteiger partial charge in [-0.2, -0.15) is 0 Å². The number of ether oxygens (including phenoxy) is 1. The molecular weight excluding hydrogens is 386 g/mol. The second kappa shape index (κ2) is 10.8. The van der Waals surface area contributed by atoms with E-state index in [2.05, 4.69) is 35.8 Å². The second-order valence-corrected chi connectivity index (χ2v) is 7.14. The van der Waals surface area contributed by atoms with Gasteiger partial charge in [0.15, 0.2) is 5.11 Å². The van der Waals surface area contributed by atoms with E-state index >= 15 is 0 Å². The number of anilines is 2. The van der Waals surface area contributed by atoms with Gasteiger partial charge in [0.2, 0.25) is 11.9 Å². The fourth-order valence-corrected chi connectivity index (χ4v) is 3.13. The third-order valence-electron chi connectivity index (χ3n) is 4.27. The van der Waals surface area contributed by atoms with Crippen molar-refractivity contribution in [3.05, 3.63) is 47.8 Å². The van der Waals surface area contributed by atoms with Crippen LogP contribution in [0.3, 0.4) is 0 Å². The molecule has 0 radical (unpaired) electrons. The van der Waals surface area contributed by atoms with Crippen LogP contribution in [0.15, 0.2) is 41.4 Å². The largest absolute Gasteiger partial charge is 0.379 e. The zero-order valence-electron chi connectivity index (χ0n) is 16.8. The molecule has 2 heterocycles. The van der Waals surface area contributed by atoms with Gasteiger partial charge in [-0.05, 0) is 44.3 Å². The number of nitrogens with one attached hydrogen (secondary N) is 3. The van der Waals surface area contributed by atoms with Gasteiger partial charge in [-0.25, -0.2) is 9.97 Å². The van der Waals surface area contributed by atoms with Gasteiger partial charge >= 0.3 is 0 Å². The highest BCUT2D eigenvalue weighted by Crippen LogP contribution is 2.06. The fourth-order valence-electron chi connectivity index (χ4n) is 2.92. The van der Waals surface area contributed by atoms with Crippen LogP contribution in [0.4, 0.5) is 11.6 Å². The Labute approximate surface area is 176 Å². The molecule has 1 aromatic carbocycles. The predicted molar refractivity (Wildman–Crippen MR) is 120 cm³/mol. The van der Waals surface area contributed by atoms with Crippen molar-refractivity contribution in [3.63, 3.8) is 0 Å². The van der Waals surface area contributed by atoms with E-state index in [1.807, 2.05) is 50.2 Å². The zero-order valence-corrected chi connectivity index (χ0v) is 17.6. The number of aliphatic imine (C=N–C) groups is 1. The number of rotatable bonds is 5. The normalized spacial score (nSPS) is 15.0. The Hall–Kier alpha value is -2.62. The van der Waals surface area contributed by atoms with Crippen LogP contribution in [0.2, 0.25) is 0 Å². The molecule has 1 aliphatic heterocycles. The number of nitrogens with zero attached hydrogens (tertiary/aromatic N) is 4. The Morgan fingerprint density at radius 3 is 2.48 bits per heavy atom. The average Bonchev–Trinajstić information content (AvgIpc) is 2.68. The molecule has 0 unspecified atom stereocenters. The Bertz CT molecular complexity index is 818. The lowest BCUT2D eigenvalue weighted by Crippen LogP contribution is -2.41. The summed E-state index contributed by atoms with van der Waals surface area (Å²) in [7, 11) is 0. The first-order valence-electron chi connectivity index (χ1n) is 9.65. The minimum Gasteiger partial charge on any atom is -0.379 e. The molecule has 3 rings (SSSR count). The van der Waals surface area contributed by atoms with Gasteiger partial charge in [0, 0.05) is 36.7 Å². The summed E-state index contributed by atoms with van der Waals surface area (Å²) < 4.78 is 5.39. The van der Waals surface area contributed by atoms with E-state index in [0.29, 0.717) is 23.6 Å². The minimum atomic E-state index is 0.443. The van der Waals surface area contributed by atoms with Gasteiger partial charge in [0.1, 0.15) is 0 Å². The number of thiocarbonyl (C=S) groups is 1. The number of guanidine groups is 1. The molecule has 0 bridgehead atoms. The number of hydrogen-bond donors (Lipinski definition) is 3. The van der Waals surface area contributed by atoms with Crippen molar-refractivity contribution in [1.82, 2.24) is 20.2 Å². The summed E-state index contributed by atoms with van der Waals surface area (Å²) in [6.45, 7) is 8.74. The molecule has 0 aliphatic carbocycles. The summed E-state index contributed by atoms with van der Waals surface area (Å²) in [6, 6.07) is 11.7. The number of benzene rings is 1. The molecule has 1 fully saturated rings. The molecule has 0 atom stereocenters. The number of para-hydroxylation sites is 1. The van der Waals surface area contributed by atoms with Crippen LogP contribution in [-0.2, 0) is 4.74 Å². The number of aryl methyl sites for hydroxylation is 2. The lowest BCUT2D eigenvalue weighted by atomic mass is 10.3. The molecule has 29 heavy (non-hydrogen) atoms. The maximum absolute atomic E-state index is 5.44. The highest BCUT2D eigenvalue weighted by atomic mass is 32.1. The third-order valence-corrected chi connectivity index (χ3v) is 4.47. The lowest BCUT2D eigenvalue weighted by Gasteiger charge is -2.25. The van der Waals surface area contributed by atoms with Crippen LogP contribution in [0.25, 0.3) is 0 Å². The van der Waals surface area contributed by atoms with Gasteiger partial charge in [-0.15, -0.1) is 0 Å². The molecule has 1 saturated heterocycles. The number of hydrogen-bond acceptors (Lipinski definition) is 6. The van der Waals surface area contributed by atoms with Gasteiger partial charge in [0.25, 0.3) is 0 Å². The zero-order chi connectivity index (χ0) is 20.5. The SMILES string of the molecule is Cc1cc(C)nc(NC(=NCCN2CCOCC2)NC(=S)Nc2ccccc2)n1. The second-order valence-electron chi connectivity index (χ2n) is 6.73. The van der Waals surface area contributed by atoms with E-state index in [0.717, 1.165) is 49.9 Å². The van der Waals surface area contributed by atoms with Gasteiger partial charge in [0.05, 0.1) is 19.8 Å². The molecule has 0 spiro atoms. The first kappa shape index (κ1) is 21.1. The molecule has 3 N–H and O–H groups in total. The molecule has 2 aromatic rings. The summed E-state index contributed by atoms with van der Waals surface area (Å²) in [5.74, 6) is 0.999. The van der Waals surface area contributed by atoms with Crippen LogP contribution in [0, 0.1) is 13.8 Å². The van der Waals surface area contributed by atoms with E-state index < -0.39 is 0 Å². The molecular formula is C20H27N7OS. The summed E-state index contributed by atoms with van der Waals surface area (Å²) in [6.07, 6.45) is 0. The molecule has 0 saturated carbocycles. The smallest absolute Gasteiger partial charge is 0.229 e. The minimum absolute atomic E-state index is 0.443. The van der Waals surface area contributed by atoms with E-state index in [-0.39, 0.29) is 0 Å². The third kappa shape index (κ3) is 7.37. The first-order valence-corrected chi connectivity index (χ1v) is 10.1. The molecule has 8 nitrogen and oxygen atoms in total. The van der Waals surface area contributed by atoms with Crippen molar-refractivity contribution in [2.75, 3.05) is 50.0 Å². The van der Waals surface area contributed by atoms with Gasteiger partial charge in [-0.3, -0.25) is 15.2 Å². The van der Waals surface area contributed by atoms with Crippen LogP contribution < -0.4 is 16.0 Å². The molecule has 1 aliphatic rings. The van der Waals surface area contributed by atoms with E-state index in [1.165, 1.54) is 0 Å². The average molecular weight is 414 g/mol. The maximum Gasteiger partial charge on any atom is 0.229 e. The standard InChI is InChI=1S/C20H27N7OS/c1-15-14-16(2)23-19(22-15)25-18(21-8-9-27-10-12-28-13-11-27)26-20(29)24-17-6-4-3-5-7-17/h3-7,14H,8-13H2,1-2H3,(H3,21,22,23,24,25,26,29). The Kier molecular flexibility index (Phi) is 7.85. The van der Waals surface area contributed by atoms with Crippen molar-refractivity contribution in [2.45, 2.75) is 13.8 Å². The summed E-state index contributed by atoms with van der Waals surface area (Å²) >= 11 is 5.44. The van der Waals surface area contributed by atoms with Crippen molar-refractivity contribution in [2.24, 2.45) is 4.99 Å². The lowest BCUT2D eigenvalue weighted by molar-refractivity contribution is 0.0394. The predicted octanol–water partition coefficient (Wildman–Crippen LogP) is 2.18. The van der Waals surface area contributed by atoms with Crippen molar-refractivity contribution >= 4 is 34.9 Å². The summed E-state index contributed by atoms with van der Waals surface area (Å²) in [4.78, 5) is 15.8. The van der Waals surface area contributed by atoms with Gasteiger partial charge < -0.3 is 15.4 Å². The molecule has 9 heteroatoms. The number of aromatic nitrogens is 2. The van der Waals surface area contributed by atoms with Crippen LogP contribution in [0.1, 0.15) is 11.4 Å². The monoisotopic (exact) mass is 413 g/mol. The Morgan fingerprint density at radius 2 is 1.79 bits per heavy atom.